The van der Waals surface area contributed by atoms with Gasteiger partial charge in [-0.3, -0.25) is 0 Å². The van der Waals surface area contributed by atoms with Crippen LogP contribution in [0.15, 0.2) is 34.9 Å². The maximum Gasteiger partial charge on any atom is 0.134 e. The van der Waals surface area contributed by atoms with E-state index in [0.717, 1.165) is 59.0 Å². The lowest BCUT2D eigenvalue weighted by Gasteiger charge is -2.26. The molecule has 0 saturated heterocycles. The average Bonchev–Trinajstić information content (AvgIpc) is 3.12. The van der Waals surface area contributed by atoms with Crippen molar-refractivity contribution in [1.29, 1.82) is 0 Å². The molecule has 2 atom stereocenters. The van der Waals surface area contributed by atoms with E-state index in [4.69, 9.17) is 16.3 Å². The van der Waals surface area contributed by atoms with Gasteiger partial charge in [0.15, 0.2) is 0 Å². The lowest BCUT2D eigenvalue weighted by molar-refractivity contribution is 0.175. The molecule has 2 aliphatic rings. The van der Waals surface area contributed by atoms with Crippen molar-refractivity contribution in [3.8, 4) is 5.75 Å². The van der Waals surface area contributed by atoms with Gasteiger partial charge >= 0.3 is 0 Å². The molecule has 1 aromatic carbocycles. The Morgan fingerprint density at radius 3 is 2.80 bits per heavy atom. The number of pyridine rings is 1. The van der Waals surface area contributed by atoms with E-state index in [1.165, 1.54) is 5.56 Å². The molecule has 6 heteroatoms. The van der Waals surface area contributed by atoms with Crippen molar-refractivity contribution in [2.45, 2.75) is 37.3 Å². The third-order valence-corrected chi connectivity index (χ3v) is 6.61. The number of aliphatic hydroxyl groups excluding tert-OH is 1. The normalized spacial score (nSPS) is 24.8. The molecular weight excluding hydrogens is 404 g/mol. The van der Waals surface area contributed by atoms with Crippen molar-refractivity contribution in [3.05, 3.63) is 51.1 Å². The van der Waals surface area contributed by atoms with Crippen molar-refractivity contribution in [1.82, 2.24) is 4.98 Å². The molecule has 0 radical (unpaired) electrons. The Labute approximate surface area is 160 Å². The van der Waals surface area contributed by atoms with E-state index in [2.05, 4.69) is 37.9 Å². The summed E-state index contributed by atoms with van der Waals surface area (Å²) in [6.45, 7) is 1.61. The largest absolute Gasteiger partial charge is 0.497 e. The van der Waals surface area contributed by atoms with Gasteiger partial charge in [-0.2, -0.15) is 0 Å². The van der Waals surface area contributed by atoms with Gasteiger partial charge in [-0.25, -0.2) is 4.98 Å². The molecule has 4 rings (SSSR count). The van der Waals surface area contributed by atoms with Gasteiger partial charge in [0.2, 0.25) is 0 Å². The summed E-state index contributed by atoms with van der Waals surface area (Å²) in [6.07, 6.45) is 4.02. The van der Waals surface area contributed by atoms with Crippen LogP contribution in [0.4, 0.5) is 5.82 Å². The Hall–Kier alpha value is -1.30. The highest BCUT2D eigenvalue weighted by Crippen LogP contribution is 2.53. The summed E-state index contributed by atoms with van der Waals surface area (Å²) in [6, 6.07) is 8.10. The van der Waals surface area contributed by atoms with Crippen LogP contribution in [0.3, 0.4) is 0 Å². The van der Waals surface area contributed by atoms with Gasteiger partial charge in [-0.05, 0) is 52.9 Å². The van der Waals surface area contributed by atoms with Crippen LogP contribution >= 0.6 is 27.5 Å². The van der Waals surface area contributed by atoms with Crippen LogP contribution in [0.25, 0.3) is 0 Å². The molecule has 0 amide bonds. The second-order valence-electron chi connectivity index (χ2n) is 7.00. The minimum absolute atomic E-state index is 0.102. The summed E-state index contributed by atoms with van der Waals surface area (Å²) in [4.78, 5) is 6.95. The molecule has 0 unspecified atom stereocenters. The fraction of sp³-hybridized carbons (Fsp3) is 0.421. The molecule has 2 heterocycles. The van der Waals surface area contributed by atoms with Gasteiger partial charge in [0, 0.05) is 30.3 Å². The standard InChI is InChI=1S/C19H20BrClN2O2/c1-25-14-4-2-12(3-5-14)10-23-11-19(7-6-13(24)8-19)16-17(21)15(20)9-22-18(16)23/h2-5,9,13,24H,6-8,10-11H2,1H3/t13-,19-/m0/s1. The number of halogens is 2. The third kappa shape index (κ3) is 2.92. The van der Waals surface area contributed by atoms with Gasteiger partial charge in [0.1, 0.15) is 11.6 Å². The number of rotatable bonds is 3. The Morgan fingerprint density at radius 2 is 2.16 bits per heavy atom. The minimum atomic E-state index is -0.260. The highest BCUT2D eigenvalue weighted by molar-refractivity contribution is 9.10. The van der Waals surface area contributed by atoms with Crippen molar-refractivity contribution in [2.24, 2.45) is 0 Å². The highest BCUT2D eigenvalue weighted by Gasteiger charge is 2.49. The molecule has 2 aromatic rings. The number of nitrogens with zero attached hydrogens (tertiary/aromatic N) is 2. The zero-order chi connectivity index (χ0) is 17.6. The zero-order valence-electron chi connectivity index (χ0n) is 14.0. The average molecular weight is 424 g/mol. The molecule has 1 N–H and O–H groups in total. The monoisotopic (exact) mass is 422 g/mol. The molecule has 1 aliphatic carbocycles. The van der Waals surface area contributed by atoms with Crippen LogP contribution in [-0.2, 0) is 12.0 Å². The molecule has 25 heavy (non-hydrogen) atoms. The minimum Gasteiger partial charge on any atom is -0.497 e. The molecule has 0 bridgehead atoms. The first-order valence-electron chi connectivity index (χ1n) is 8.43. The Morgan fingerprint density at radius 1 is 1.40 bits per heavy atom. The number of benzene rings is 1. The number of fused-ring (bicyclic) bond motifs is 2. The van der Waals surface area contributed by atoms with Gasteiger partial charge in [-0.15, -0.1) is 0 Å². The van der Waals surface area contributed by atoms with Gasteiger partial charge in [-0.1, -0.05) is 23.7 Å². The summed E-state index contributed by atoms with van der Waals surface area (Å²) >= 11 is 10.2. The van der Waals surface area contributed by atoms with Gasteiger partial charge in [0.25, 0.3) is 0 Å². The molecule has 1 fully saturated rings. The summed E-state index contributed by atoms with van der Waals surface area (Å²) in [7, 11) is 1.67. The van der Waals surface area contributed by atoms with Crippen LogP contribution in [0.1, 0.15) is 30.4 Å². The quantitative estimate of drug-likeness (QED) is 0.799. The molecule has 4 nitrogen and oxygen atoms in total. The van der Waals surface area contributed by atoms with E-state index in [0.29, 0.717) is 0 Å². The Kier molecular flexibility index (Phi) is 4.42. The van der Waals surface area contributed by atoms with Crippen molar-refractivity contribution >= 4 is 33.3 Å². The third-order valence-electron chi connectivity index (χ3n) is 5.39. The van der Waals surface area contributed by atoms with E-state index in [-0.39, 0.29) is 11.5 Å². The first-order valence-corrected chi connectivity index (χ1v) is 9.60. The van der Waals surface area contributed by atoms with Crippen LogP contribution in [0.2, 0.25) is 5.02 Å². The number of methoxy groups -OCH3 is 1. The topological polar surface area (TPSA) is 45.6 Å². The molecule has 1 aromatic heterocycles. The molecule has 1 aliphatic heterocycles. The van der Waals surface area contributed by atoms with Crippen molar-refractivity contribution in [2.75, 3.05) is 18.6 Å². The zero-order valence-corrected chi connectivity index (χ0v) is 16.3. The highest BCUT2D eigenvalue weighted by atomic mass is 79.9. The van der Waals surface area contributed by atoms with E-state index in [1.807, 2.05) is 12.1 Å². The van der Waals surface area contributed by atoms with E-state index in [9.17, 15) is 5.11 Å². The number of anilines is 1. The lowest BCUT2D eigenvalue weighted by Crippen LogP contribution is -2.31. The molecule has 132 valence electrons. The second kappa shape index (κ2) is 6.45. The summed E-state index contributed by atoms with van der Waals surface area (Å²) in [5.74, 6) is 1.80. The van der Waals surface area contributed by atoms with Crippen molar-refractivity contribution < 1.29 is 9.84 Å². The van der Waals surface area contributed by atoms with Crippen molar-refractivity contribution in [3.63, 3.8) is 0 Å². The number of ether oxygens (including phenoxy) is 1. The molecule has 1 spiro atoms. The predicted octanol–water partition coefficient (Wildman–Crippen LogP) is 4.31. The molecule has 1 saturated carbocycles. The van der Waals surface area contributed by atoms with E-state index >= 15 is 0 Å². The predicted molar refractivity (Wildman–Crippen MR) is 103 cm³/mol. The maximum absolute atomic E-state index is 10.2. The number of aliphatic hydroxyl groups is 1. The van der Waals surface area contributed by atoms with E-state index in [1.54, 1.807) is 13.3 Å². The number of hydrogen-bond acceptors (Lipinski definition) is 4. The fourth-order valence-corrected chi connectivity index (χ4v) is 4.87. The van der Waals surface area contributed by atoms with Gasteiger partial charge < -0.3 is 14.7 Å². The number of hydrogen-bond donors (Lipinski definition) is 1. The lowest BCUT2D eigenvalue weighted by atomic mass is 9.81. The van der Waals surface area contributed by atoms with Crippen LogP contribution in [-0.4, -0.2) is 29.8 Å². The van der Waals surface area contributed by atoms with Crippen LogP contribution in [0.5, 0.6) is 5.75 Å². The first kappa shape index (κ1) is 17.1. The second-order valence-corrected chi connectivity index (χ2v) is 8.23. The van der Waals surface area contributed by atoms with Gasteiger partial charge in [0.05, 0.1) is 22.7 Å². The summed E-state index contributed by atoms with van der Waals surface area (Å²) in [5.41, 5.74) is 2.19. The Balaban J connectivity index is 1.70. The smallest absolute Gasteiger partial charge is 0.134 e. The first-order chi connectivity index (χ1) is 12.0. The molecular formula is C19H20BrClN2O2. The van der Waals surface area contributed by atoms with Crippen LogP contribution in [0, 0.1) is 0 Å². The van der Waals surface area contributed by atoms with E-state index < -0.39 is 0 Å². The van der Waals surface area contributed by atoms with Crippen LogP contribution < -0.4 is 9.64 Å². The Bertz CT molecular complexity index is 799. The summed E-state index contributed by atoms with van der Waals surface area (Å²) < 4.78 is 6.06. The number of aromatic nitrogens is 1. The maximum atomic E-state index is 10.2. The SMILES string of the molecule is COc1ccc(CN2C[C@@]3(CC[C@H](O)C3)c3c2ncc(Br)c3Cl)cc1. The fourth-order valence-electron chi connectivity index (χ4n) is 4.24. The summed E-state index contributed by atoms with van der Waals surface area (Å²) in [5, 5.41) is 10.9.